The van der Waals surface area contributed by atoms with Gasteiger partial charge in [-0.2, -0.15) is 5.26 Å². The Morgan fingerprint density at radius 2 is 2.40 bits per heavy atom. The minimum Gasteiger partial charge on any atom is -0.260 e. The fourth-order valence-corrected chi connectivity index (χ4v) is 1.88. The highest BCUT2D eigenvalue weighted by Gasteiger charge is 2.31. The molecule has 0 amide bonds. The molecule has 10 heavy (non-hydrogen) atoms. The molecule has 56 valence electrons. The molecule has 2 unspecified atom stereocenters. The van der Waals surface area contributed by atoms with Gasteiger partial charge in [0.1, 0.15) is 0 Å². The van der Waals surface area contributed by atoms with Gasteiger partial charge in [0, 0.05) is 22.8 Å². The van der Waals surface area contributed by atoms with Gasteiger partial charge in [0.2, 0.25) is 0 Å². The predicted octanol–water partition coefficient (Wildman–Crippen LogP) is 0.915. The van der Waals surface area contributed by atoms with Crippen LogP contribution in [0.4, 0.5) is 0 Å². The first-order valence-corrected chi connectivity index (χ1v) is 5.16. The van der Waals surface area contributed by atoms with Crippen molar-refractivity contribution in [2.75, 3.05) is 12.0 Å². The second-order valence-corrected chi connectivity index (χ2v) is 4.29. The quantitative estimate of drug-likeness (QED) is 0.611. The van der Waals surface area contributed by atoms with Crippen LogP contribution < -0.4 is 0 Å². The first-order chi connectivity index (χ1) is 4.74. The van der Waals surface area contributed by atoms with Crippen molar-refractivity contribution in [1.29, 1.82) is 5.26 Å². The molecular weight excluding hydrogens is 146 g/mol. The van der Waals surface area contributed by atoms with E-state index in [-0.39, 0.29) is 5.92 Å². The molecule has 0 aromatic carbocycles. The summed E-state index contributed by atoms with van der Waals surface area (Å²) in [4.78, 5) is 0. The highest BCUT2D eigenvalue weighted by molar-refractivity contribution is 7.84. The maximum absolute atomic E-state index is 10.7. The third kappa shape index (κ3) is 2.11. The van der Waals surface area contributed by atoms with E-state index < -0.39 is 10.8 Å². The summed E-state index contributed by atoms with van der Waals surface area (Å²) >= 11 is 0. The van der Waals surface area contributed by atoms with Gasteiger partial charge in [-0.3, -0.25) is 4.21 Å². The lowest BCUT2D eigenvalue weighted by atomic mass is 10.1. The molecule has 0 bridgehead atoms. The third-order valence-corrected chi connectivity index (χ3v) is 2.60. The maximum atomic E-state index is 10.7. The Bertz CT molecular complexity index is 181. The van der Waals surface area contributed by atoms with Gasteiger partial charge in [0.25, 0.3) is 0 Å². The largest absolute Gasteiger partial charge is 0.260 e. The van der Waals surface area contributed by atoms with Crippen LogP contribution in [-0.2, 0) is 10.8 Å². The van der Waals surface area contributed by atoms with E-state index in [1.165, 1.54) is 0 Å². The summed E-state index contributed by atoms with van der Waals surface area (Å²) in [6, 6.07) is 2.20. The van der Waals surface area contributed by atoms with E-state index in [1.54, 1.807) is 6.26 Å². The van der Waals surface area contributed by atoms with Crippen molar-refractivity contribution in [2.45, 2.75) is 12.8 Å². The molecule has 0 radical (unpaired) electrons. The highest BCUT2D eigenvalue weighted by Crippen LogP contribution is 2.36. The molecule has 2 nitrogen and oxygen atoms in total. The van der Waals surface area contributed by atoms with Crippen molar-refractivity contribution >= 4 is 10.8 Å². The third-order valence-electron chi connectivity index (χ3n) is 1.77. The van der Waals surface area contributed by atoms with Crippen LogP contribution in [-0.4, -0.2) is 16.2 Å². The predicted molar refractivity (Wildman–Crippen MR) is 40.8 cm³/mol. The van der Waals surface area contributed by atoms with E-state index in [1.807, 2.05) is 0 Å². The van der Waals surface area contributed by atoms with Gasteiger partial charge < -0.3 is 0 Å². The van der Waals surface area contributed by atoms with Crippen molar-refractivity contribution in [2.24, 2.45) is 11.8 Å². The zero-order valence-corrected chi connectivity index (χ0v) is 6.86. The molecule has 0 saturated heterocycles. The van der Waals surface area contributed by atoms with E-state index in [0.717, 1.165) is 12.8 Å². The Balaban J connectivity index is 2.34. The Morgan fingerprint density at radius 3 is 2.70 bits per heavy atom. The second kappa shape index (κ2) is 3.16. The Morgan fingerprint density at radius 1 is 1.80 bits per heavy atom. The summed E-state index contributed by atoms with van der Waals surface area (Å²) in [6.45, 7) is 0. The molecule has 1 fully saturated rings. The van der Waals surface area contributed by atoms with E-state index in [4.69, 9.17) is 5.26 Å². The van der Waals surface area contributed by atoms with Crippen LogP contribution in [0.2, 0.25) is 0 Å². The lowest BCUT2D eigenvalue weighted by Crippen LogP contribution is -2.09. The molecule has 3 heteroatoms. The minimum atomic E-state index is -0.799. The zero-order chi connectivity index (χ0) is 7.56. The van der Waals surface area contributed by atoms with E-state index in [2.05, 4.69) is 6.07 Å². The first kappa shape index (κ1) is 7.74. The molecule has 0 aromatic rings. The summed E-state index contributed by atoms with van der Waals surface area (Å²) in [7, 11) is -0.799. The van der Waals surface area contributed by atoms with Crippen LogP contribution in [0.3, 0.4) is 0 Å². The van der Waals surface area contributed by atoms with E-state index >= 15 is 0 Å². The topological polar surface area (TPSA) is 40.9 Å². The van der Waals surface area contributed by atoms with Gasteiger partial charge in [-0.15, -0.1) is 0 Å². The number of hydrogen-bond acceptors (Lipinski definition) is 2. The summed E-state index contributed by atoms with van der Waals surface area (Å²) in [5.41, 5.74) is 0. The number of rotatable bonds is 3. The molecule has 1 aliphatic rings. The van der Waals surface area contributed by atoms with Crippen molar-refractivity contribution < 1.29 is 4.21 Å². The van der Waals surface area contributed by atoms with Gasteiger partial charge in [-0.25, -0.2) is 0 Å². The van der Waals surface area contributed by atoms with Crippen LogP contribution in [0.25, 0.3) is 0 Å². The SMILES string of the molecule is CS(=O)CC(C#N)C1CC1. The minimum absolute atomic E-state index is 0.0610. The van der Waals surface area contributed by atoms with Crippen molar-refractivity contribution in [3.63, 3.8) is 0 Å². The van der Waals surface area contributed by atoms with Gasteiger partial charge in [0.05, 0.1) is 12.0 Å². The fraction of sp³-hybridized carbons (Fsp3) is 0.857. The Kier molecular flexibility index (Phi) is 2.44. The molecule has 0 aromatic heterocycles. The number of nitrogens with zero attached hydrogens (tertiary/aromatic N) is 1. The second-order valence-electron chi connectivity index (χ2n) is 2.81. The Labute approximate surface area is 63.7 Å². The van der Waals surface area contributed by atoms with Gasteiger partial charge in [-0.05, 0) is 18.8 Å². The average Bonchev–Trinajstić information content (AvgIpc) is 2.63. The smallest absolute Gasteiger partial charge is 0.0668 e. The van der Waals surface area contributed by atoms with Crippen molar-refractivity contribution in [1.82, 2.24) is 0 Å². The monoisotopic (exact) mass is 157 g/mol. The van der Waals surface area contributed by atoms with Crippen LogP contribution in [0.15, 0.2) is 0 Å². The first-order valence-electron chi connectivity index (χ1n) is 3.43. The standard InChI is InChI=1S/C7H11NOS/c1-10(9)5-7(4-8)6-2-3-6/h6-7H,2-3,5H2,1H3. The molecule has 0 aliphatic heterocycles. The molecule has 0 spiro atoms. The average molecular weight is 157 g/mol. The number of nitriles is 1. The van der Waals surface area contributed by atoms with Gasteiger partial charge >= 0.3 is 0 Å². The summed E-state index contributed by atoms with van der Waals surface area (Å²) in [5.74, 6) is 1.20. The highest BCUT2D eigenvalue weighted by atomic mass is 32.2. The van der Waals surface area contributed by atoms with Crippen LogP contribution in [0, 0.1) is 23.2 Å². The summed E-state index contributed by atoms with van der Waals surface area (Å²) < 4.78 is 10.7. The Hall–Kier alpha value is -0.360. The van der Waals surface area contributed by atoms with E-state index in [0.29, 0.717) is 11.7 Å². The van der Waals surface area contributed by atoms with E-state index in [9.17, 15) is 4.21 Å². The van der Waals surface area contributed by atoms with Gasteiger partial charge in [0.15, 0.2) is 0 Å². The lowest BCUT2D eigenvalue weighted by molar-refractivity contribution is 0.630. The molecular formula is C7H11NOS. The molecule has 1 rings (SSSR count). The van der Waals surface area contributed by atoms with Crippen molar-refractivity contribution in [3.05, 3.63) is 0 Å². The van der Waals surface area contributed by atoms with Gasteiger partial charge in [-0.1, -0.05) is 0 Å². The molecule has 1 saturated carbocycles. The summed E-state index contributed by atoms with van der Waals surface area (Å²) in [5, 5.41) is 8.60. The fourth-order valence-electron chi connectivity index (χ4n) is 1.03. The van der Waals surface area contributed by atoms with Crippen LogP contribution >= 0.6 is 0 Å². The van der Waals surface area contributed by atoms with Crippen LogP contribution in [0.5, 0.6) is 0 Å². The maximum Gasteiger partial charge on any atom is 0.0668 e. The zero-order valence-electron chi connectivity index (χ0n) is 6.04. The molecule has 2 atom stereocenters. The number of hydrogen-bond donors (Lipinski definition) is 0. The molecule has 0 N–H and O–H groups in total. The molecule has 1 aliphatic carbocycles. The summed E-state index contributed by atoms with van der Waals surface area (Å²) in [6.07, 6.45) is 3.98. The van der Waals surface area contributed by atoms with Crippen LogP contribution in [0.1, 0.15) is 12.8 Å². The lowest BCUT2D eigenvalue weighted by Gasteiger charge is -2.02. The normalized spacial score (nSPS) is 23.2. The molecule has 0 heterocycles. The van der Waals surface area contributed by atoms with Crippen molar-refractivity contribution in [3.8, 4) is 6.07 Å².